The number of rotatable bonds is 11. The first kappa shape index (κ1) is 27.8. The number of esters is 1. The number of halogens is 1. The highest BCUT2D eigenvalue weighted by molar-refractivity contribution is 5.80. The fourth-order valence-electron chi connectivity index (χ4n) is 5.55. The maximum Gasteiger partial charge on any atom is 0.306 e. The SMILES string of the molecule is CCOC(=O)C[C@H](c1cccc(OCc2cnc(-c3cc(OC)ccc3F)c(C3=CCCC3(C)C)n2)c1)C1CC1. The Morgan fingerprint density at radius 1 is 1.12 bits per heavy atom. The predicted molar refractivity (Wildman–Crippen MR) is 152 cm³/mol. The summed E-state index contributed by atoms with van der Waals surface area (Å²) < 4.78 is 31.8. The summed E-state index contributed by atoms with van der Waals surface area (Å²) in [6.45, 7) is 6.79. The maximum absolute atomic E-state index is 15.0. The van der Waals surface area contributed by atoms with Gasteiger partial charge in [0.1, 0.15) is 23.9 Å². The number of aromatic nitrogens is 2. The molecule has 1 heterocycles. The highest BCUT2D eigenvalue weighted by atomic mass is 19.1. The fourth-order valence-corrected chi connectivity index (χ4v) is 5.55. The molecule has 0 spiro atoms. The molecule has 0 saturated heterocycles. The van der Waals surface area contributed by atoms with Crippen LogP contribution in [0.2, 0.25) is 0 Å². The number of allylic oxidation sites excluding steroid dienone is 2. The molecule has 1 fully saturated rings. The van der Waals surface area contributed by atoms with E-state index in [0.717, 1.165) is 36.8 Å². The molecule has 7 heteroatoms. The zero-order chi connectivity index (χ0) is 28.3. The monoisotopic (exact) mass is 544 g/mol. The van der Waals surface area contributed by atoms with Crippen molar-refractivity contribution < 1.29 is 23.4 Å². The van der Waals surface area contributed by atoms with Gasteiger partial charge in [-0.05, 0) is 91.3 Å². The Morgan fingerprint density at radius 3 is 2.65 bits per heavy atom. The van der Waals surface area contributed by atoms with Crippen LogP contribution in [0, 0.1) is 17.2 Å². The minimum absolute atomic E-state index is 0.108. The van der Waals surface area contributed by atoms with Crippen LogP contribution in [0.1, 0.15) is 75.7 Å². The van der Waals surface area contributed by atoms with Gasteiger partial charge >= 0.3 is 5.97 Å². The highest BCUT2D eigenvalue weighted by Crippen LogP contribution is 2.47. The number of nitrogens with zero attached hydrogens (tertiary/aromatic N) is 2. The maximum atomic E-state index is 15.0. The molecule has 40 heavy (non-hydrogen) atoms. The number of carbonyl (C=O) groups excluding carboxylic acids is 1. The Hall–Kier alpha value is -3.74. The minimum atomic E-state index is -0.374. The third kappa shape index (κ3) is 6.19. The summed E-state index contributed by atoms with van der Waals surface area (Å²) in [5.41, 5.74) is 4.22. The number of benzene rings is 2. The summed E-state index contributed by atoms with van der Waals surface area (Å²) in [6, 6.07) is 12.6. The molecular weight excluding hydrogens is 507 g/mol. The molecule has 1 saturated carbocycles. The van der Waals surface area contributed by atoms with Crippen LogP contribution in [-0.2, 0) is 16.1 Å². The predicted octanol–water partition coefficient (Wildman–Crippen LogP) is 7.52. The van der Waals surface area contributed by atoms with Crippen LogP contribution in [0.3, 0.4) is 0 Å². The third-order valence-corrected chi connectivity index (χ3v) is 7.91. The average molecular weight is 545 g/mol. The molecule has 1 aromatic heterocycles. The minimum Gasteiger partial charge on any atom is -0.497 e. The van der Waals surface area contributed by atoms with Gasteiger partial charge in [0, 0.05) is 5.56 Å². The second-order valence-corrected chi connectivity index (χ2v) is 11.3. The van der Waals surface area contributed by atoms with E-state index in [1.807, 2.05) is 25.1 Å². The van der Waals surface area contributed by atoms with Gasteiger partial charge in [-0.15, -0.1) is 0 Å². The van der Waals surface area contributed by atoms with Crippen molar-refractivity contribution in [1.29, 1.82) is 0 Å². The summed E-state index contributed by atoms with van der Waals surface area (Å²) in [5, 5.41) is 0. The summed E-state index contributed by atoms with van der Waals surface area (Å²) in [6.07, 6.45) is 8.39. The number of methoxy groups -OCH3 is 1. The van der Waals surface area contributed by atoms with Crippen molar-refractivity contribution in [2.24, 2.45) is 11.3 Å². The quantitative estimate of drug-likeness (QED) is 0.233. The van der Waals surface area contributed by atoms with Crippen LogP contribution in [0.5, 0.6) is 11.5 Å². The zero-order valence-corrected chi connectivity index (χ0v) is 23.7. The van der Waals surface area contributed by atoms with Gasteiger partial charge in [0.05, 0.1) is 43.4 Å². The lowest BCUT2D eigenvalue weighted by molar-refractivity contribution is -0.143. The molecule has 0 radical (unpaired) electrons. The normalized spacial score (nSPS) is 16.8. The molecular formula is C33H37FN2O4. The molecule has 210 valence electrons. The lowest BCUT2D eigenvalue weighted by Crippen LogP contribution is -2.13. The molecule has 0 aliphatic heterocycles. The number of carbonyl (C=O) groups is 1. The molecule has 0 bridgehead atoms. The Labute approximate surface area is 235 Å². The van der Waals surface area contributed by atoms with E-state index in [0.29, 0.717) is 53.1 Å². The van der Waals surface area contributed by atoms with E-state index >= 15 is 4.39 Å². The van der Waals surface area contributed by atoms with E-state index in [1.165, 1.54) is 6.07 Å². The Kier molecular flexibility index (Phi) is 8.19. The van der Waals surface area contributed by atoms with Crippen LogP contribution in [-0.4, -0.2) is 29.7 Å². The van der Waals surface area contributed by atoms with Crippen LogP contribution in [0.25, 0.3) is 16.8 Å². The molecule has 0 N–H and O–H groups in total. The smallest absolute Gasteiger partial charge is 0.306 e. The second-order valence-electron chi connectivity index (χ2n) is 11.3. The highest BCUT2D eigenvalue weighted by Gasteiger charge is 2.34. The first-order valence-electron chi connectivity index (χ1n) is 14.1. The standard InChI is InChI=1S/C33H37FN2O4/c1-5-39-30(37)18-26(21-11-12-21)22-8-6-9-25(16-22)40-20-23-19-35-31(27-17-24(38-4)13-14-29(27)34)32(36-23)28-10-7-15-33(28,2)3/h6,8-10,13-14,16-17,19,21,26H,5,7,11-12,15,18,20H2,1-4H3/t26-/m0/s1. The van der Waals surface area contributed by atoms with Gasteiger partial charge in [0.15, 0.2) is 0 Å². The summed E-state index contributed by atoms with van der Waals surface area (Å²) in [4.78, 5) is 21.9. The Bertz CT molecular complexity index is 1410. The van der Waals surface area contributed by atoms with Crippen molar-refractivity contribution in [3.05, 3.63) is 77.5 Å². The molecule has 2 aliphatic rings. The van der Waals surface area contributed by atoms with Crippen LogP contribution >= 0.6 is 0 Å². The van der Waals surface area contributed by atoms with Crippen molar-refractivity contribution in [2.45, 2.75) is 65.4 Å². The van der Waals surface area contributed by atoms with E-state index in [9.17, 15) is 4.79 Å². The van der Waals surface area contributed by atoms with E-state index in [1.54, 1.807) is 25.4 Å². The van der Waals surface area contributed by atoms with Gasteiger partial charge in [-0.25, -0.2) is 9.37 Å². The Morgan fingerprint density at radius 2 is 1.95 bits per heavy atom. The van der Waals surface area contributed by atoms with Crippen LogP contribution < -0.4 is 9.47 Å². The lowest BCUT2D eigenvalue weighted by atomic mass is 9.83. The van der Waals surface area contributed by atoms with Gasteiger partial charge in [-0.1, -0.05) is 32.1 Å². The van der Waals surface area contributed by atoms with Crippen molar-refractivity contribution >= 4 is 11.5 Å². The Balaban J connectivity index is 1.41. The van der Waals surface area contributed by atoms with Gasteiger partial charge in [0.25, 0.3) is 0 Å². The van der Waals surface area contributed by atoms with E-state index in [4.69, 9.17) is 24.2 Å². The summed E-state index contributed by atoms with van der Waals surface area (Å²) >= 11 is 0. The number of hydrogen-bond donors (Lipinski definition) is 0. The van der Waals surface area contributed by atoms with Crippen molar-refractivity contribution in [2.75, 3.05) is 13.7 Å². The largest absolute Gasteiger partial charge is 0.497 e. The molecule has 2 aromatic carbocycles. The van der Waals surface area contributed by atoms with Gasteiger partial charge in [-0.3, -0.25) is 9.78 Å². The van der Waals surface area contributed by atoms with Crippen LogP contribution in [0.15, 0.2) is 54.7 Å². The molecule has 0 amide bonds. The van der Waals surface area contributed by atoms with Crippen molar-refractivity contribution in [1.82, 2.24) is 9.97 Å². The van der Waals surface area contributed by atoms with E-state index < -0.39 is 0 Å². The number of hydrogen-bond acceptors (Lipinski definition) is 6. The summed E-state index contributed by atoms with van der Waals surface area (Å²) in [5.74, 6) is 1.36. The molecule has 6 nitrogen and oxygen atoms in total. The van der Waals surface area contributed by atoms with Crippen molar-refractivity contribution in [3.63, 3.8) is 0 Å². The van der Waals surface area contributed by atoms with E-state index in [-0.39, 0.29) is 29.7 Å². The van der Waals surface area contributed by atoms with Crippen LogP contribution in [0.4, 0.5) is 4.39 Å². The number of ether oxygens (including phenoxy) is 3. The van der Waals surface area contributed by atoms with Gasteiger partial charge in [-0.2, -0.15) is 0 Å². The second kappa shape index (κ2) is 11.8. The first-order valence-corrected chi connectivity index (χ1v) is 14.1. The topological polar surface area (TPSA) is 70.5 Å². The molecule has 5 rings (SSSR count). The summed E-state index contributed by atoms with van der Waals surface area (Å²) in [7, 11) is 1.56. The molecule has 1 atom stereocenters. The average Bonchev–Trinajstić information content (AvgIpc) is 3.73. The van der Waals surface area contributed by atoms with Crippen molar-refractivity contribution in [3.8, 4) is 22.8 Å². The van der Waals surface area contributed by atoms with E-state index in [2.05, 4.69) is 26.0 Å². The third-order valence-electron chi connectivity index (χ3n) is 7.91. The molecule has 0 unspecified atom stereocenters. The lowest BCUT2D eigenvalue weighted by Gasteiger charge is -2.24. The fraction of sp³-hybridized carbons (Fsp3) is 0.424. The first-order chi connectivity index (χ1) is 19.3. The molecule has 2 aliphatic carbocycles. The molecule has 3 aromatic rings. The van der Waals surface area contributed by atoms with Gasteiger partial charge in [0.2, 0.25) is 0 Å². The van der Waals surface area contributed by atoms with Gasteiger partial charge < -0.3 is 14.2 Å². The zero-order valence-electron chi connectivity index (χ0n) is 23.7.